The van der Waals surface area contributed by atoms with Crippen LogP contribution in [0.3, 0.4) is 0 Å². The van der Waals surface area contributed by atoms with Crippen molar-refractivity contribution in [2.24, 2.45) is 5.73 Å². The highest BCUT2D eigenvalue weighted by molar-refractivity contribution is 7.98. The highest BCUT2D eigenvalue weighted by Crippen LogP contribution is 2.17. The molecule has 1 rings (SSSR count). The monoisotopic (exact) mass is 356 g/mol. The van der Waals surface area contributed by atoms with E-state index in [0.717, 1.165) is 48.6 Å². The highest BCUT2D eigenvalue weighted by atomic mass is 32.2. The highest BCUT2D eigenvalue weighted by Gasteiger charge is 2.06. The molecule has 0 aliphatic heterocycles. The molecule has 0 aliphatic rings. The lowest BCUT2D eigenvalue weighted by molar-refractivity contribution is -0.404. The first-order valence-electron chi connectivity index (χ1n) is 8.00. The van der Waals surface area contributed by atoms with Crippen molar-refractivity contribution in [1.82, 2.24) is 9.80 Å². The molecule has 8 heteroatoms. The van der Waals surface area contributed by atoms with Crippen molar-refractivity contribution in [3.05, 3.63) is 45.8 Å². The van der Waals surface area contributed by atoms with Crippen LogP contribution in [0.4, 0.5) is 0 Å². The number of unbranched alkanes of at least 4 members (excludes halogenated alkanes) is 1. The summed E-state index contributed by atoms with van der Waals surface area (Å²) in [6.07, 6.45) is 4.09. The normalized spacial score (nSPS) is 11.9. The maximum Gasteiger partial charge on any atom is 0.274 e. The molecule has 136 valence electrons. The summed E-state index contributed by atoms with van der Waals surface area (Å²) in [7, 11) is 5.91. The van der Waals surface area contributed by atoms with Gasteiger partial charge < -0.3 is 20.0 Å². The molecule has 0 aromatic carbocycles. The first kappa shape index (κ1) is 20.4. The standard InChI is InChI=1S/C16H28N4O3S/c1-18(2)9-5-4-6-14-7-8-15(23-14)13-24-11-10-19(3)16(17)12-20(21)22/h7-8,12H,4-6,9-11,13,17H2,1-3H3/b16-12+. The van der Waals surface area contributed by atoms with Crippen molar-refractivity contribution < 1.29 is 9.34 Å². The van der Waals surface area contributed by atoms with E-state index in [-0.39, 0.29) is 5.82 Å². The van der Waals surface area contributed by atoms with Crippen LogP contribution in [-0.4, -0.2) is 54.7 Å². The Morgan fingerprint density at radius 3 is 2.67 bits per heavy atom. The number of nitro groups is 1. The fourth-order valence-electron chi connectivity index (χ4n) is 2.07. The van der Waals surface area contributed by atoms with Crippen molar-refractivity contribution >= 4 is 11.8 Å². The van der Waals surface area contributed by atoms with Gasteiger partial charge in [-0.25, -0.2) is 0 Å². The van der Waals surface area contributed by atoms with E-state index in [1.165, 1.54) is 6.42 Å². The first-order valence-corrected chi connectivity index (χ1v) is 9.16. The molecule has 0 atom stereocenters. The van der Waals surface area contributed by atoms with Gasteiger partial charge in [0.05, 0.1) is 10.7 Å². The molecular weight excluding hydrogens is 328 g/mol. The van der Waals surface area contributed by atoms with Crippen molar-refractivity contribution in [2.45, 2.75) is 25.0 Å². The summed E-state index contributed by atoms with van der Waals surface area (Å²) in [5, 5.41) is 10.4. The average molecular weight is 356 g/mol. The lowest BCUT2D eigenvalue weighted by atomic mass is 10.2. The minimum Gasteiger partial charge on any atom is -0.465 e. The van der Waals surface area contributed by atoms with E-state index in [1.54, 1.807) is 23.7 Å². The summed E-state index contributed by atoms with van der Waals surface area (Å²) in [5.74, 6) is 3.80. The second-order valence-electron chi connectivity index (χ2n) is 5.94. The SMILES string of the molecule is CN(C)CCCCc1ccc(CSCCN(C)/C(N)=C/[N+](=O)[O-])o1. The van der Waals surface area contributed by atoms with Crippen LogP contribution < -0.4 is 5.73 Å². The van der Waals surface area contributed by atoms with Crippen LogP contribution in [0, 0.1) is 10.1 Å². The van der Waals surface area contributed by atoms with Crippen molar-refractivity contribution in [2.75, 3.05) is 40.0 Å². The molecule has 0 fully saturated rings. The maximum atomic E-state index is 10.4. The van der Waals surface area contributed by atoms with E-state index in [1.807, 2.05) is 6.07 Å². The largest absolute Gasteiger partial charge is 0.465 e. The molecule has 0 unspecified atom stereocenters. The predicted octanol–water partition coefficient (Wildman–Crippen LogP) is 2.36. The van der Waals surface area contributed by atoms with Gasteiger partial charge in [0, 0.05) is 25.8 Å². The van der Waals surface area contributed by atoms with Crippen molar-refractivity contribution in [3.63, 3.8) is 0 Å². The summed E-state index contributed by atoms with van der Waals surface area (Å²) in [5.41, 5.74) is 5.61. The molecule has 1 heterocycles. The van der Waals surface area contributed by atoms with E-state index in [0.29, 0.717) is 6.54 Å². The fourth-order valence-corrected chi connectivity index (χ4v) is 2.98. The van der Waals surface area contributed by atoms with Crippen LogP contribution >= 0.6 is 11.8 Å². The van der Waals surface area contributed by atoms with E-state index in [4.69, 9.17) is 10.2 Å². The Labute approximate surface area is 148 Å². The van der Waals surface area contributed by atoms with Gasteiger partial charge in [0.1, 0.15) is 11.5 Å². The molecule has 2 N–H and O–H groups in total. The van der Waals surface area contributed by atoms with E-state index < -0.39 is 4.92 Å². The molecule has 1 aromatic rings. The maximum absolute atomic E-state index is 10.4. The third kappa shape index (κ3) is 8.83. The summed E-state index contributed by atoms with van der Waals surface area (Å²) in [4.78, 5) is 13.7. The van der Waals surface area contributed by atoms with Gasteiger partial charge in [-0.1, -0.05) is 0 Å². The molecule has 0 saturated heterocycles. The fraction of sp³-hybridized carbons (Fsp3) is 0.625. The summed E-state index contributed by atoms with van der Waals surface area (Å²) in [6, 6.07) is 4.08. The van der Waals surface area contributed by atoms with Gasteiger partial charge in [-0.2, -0.15) is 11.8 Å². The van der Waals surface area contributed by atoms with Crippen LogP contribution in [0.2, 0.25) is 0 Å². The number of furan rings is 1. The van der Waals surface area contributed by atoms with Crippen LogP contribution in [0.5, 0.6) is 0 Å². The van der Waals surface area contributed by atoms with Gasteiger partial charge in [0.15, 0.2) is 5.82 Å². The number of aryl methyl sites for hydroxylation is 1. The van der Waals surface area contributed by atoms with Gasteiger partial charge in [-0.3, -0.25) is 10.1 Å². The zero-order valence-electron chi connectivity index (χ0n) is 14.7. The first-order chi connectivity index (χ1) is 11.4. The Morgan fingerprint density at radius 1 is 1.29 bits per heavy atom. The molecule has 7 nitrogen and oxygen atoms in total. The van der Waals surface area contributed by atoms with Crippen LogP contribution in [0.25, 0.3) is 0 Å². The smallest absolute Gasteiger partial charge is 0.274 e. The topological polar surface area (TPSA) is 88.8 Å². The second kappa shape index (κ2) is 11.0. The van der Waals surface area contributed by atoms with Gasteiger partial charge in [-0.15, -0.1) is 0 Å². The molecule has 0 radical (unpaired) electrons. The molecule has 0 bridgehead atoms. The van der Waals surface area contributed by atoms with Gasteiger partial charge in [0.25, 0.3) is 6.20 Å². The number of thioether (sulfide) groups is 1. The lowest BCUT2D eigenvalue weighted by Gasteiger charge is -2.16. The average Bonchev–Trinajstić information content (AvgIpc) is 2.94. The van der Waals surface area contributed by atoms with Gasteiger partial charge in [0.2, 0.25) is 0 Å². The minimum absolute atomic E-state index is 0.165. The molecule has 0 saturated carbocycles. The number of nitrogens with zero attached hydrogens (tertiary/aromatic N) is 3. The van der Waals surface area contributed by atoms with Crippen molar-refractivity contribution in [1.29, 1.82) is 0 Å². The third-order valence-corrected chi connectivity index (χ3v) is 4.45. The molecule has 24 heavy (non-hydrogen) atoms. The number of hydrogen-bond donors (Lipinski definition) is 1. The molecule has 1 aromatic heterocycles. The second-order valence-corrected chi connectivity index (χ2v) is 7.05. The van der Waals surface area contributed by atoms with Crippen LogP contribution in [0.1, 0.15) is 24.4 Å². The number of hydrogen-bond acceptors (Lipinski definition) is 7. The summed E-state index contributed by atoms with van der Waals surface area (Å²) >= 11 is 1.72. The summed E-state index contributed by atoms with van der Waals surface area (Å²) in [6.45, 7) is 1.75. The minimum atomic E-state index is -0.540. The zero-order valence-corrected chi connectivity index (χ0v) is 15.6. The van der Waals surface area contributed by atoms with E-state index >= 15 is 0 Å². The van der Waals surface area contributed by atoms with Crippen LogP contribution in [0.15, 0.2) is 28.6 Å². The lowest BCUT2D eigenvalue weighted by Crippen LogP contribution is -2.26. The van der Waals surface area contributed by atoms with E-state index in [9.17, 15) is 10.1 Å². The van der Waals surface area contributed by atoms with Crippen LogP contribution in [-0.2, 0) is 12.2 Å². The molecule has 0 aliphatic carbocycles. The quantitative estimate of drug-likeness (QED) is 0.349. The zero-order chi connectivity index (χ0) is 17.9. The summed E-state index contributed by atoms with van der Waals surface area (Å²) < 4.78 is 5.82. The molecular formula is C16H28N4O3S. The van der Waals surface area contributed by atoms with Gasteiger partial charge in [-0.05, 0) is 45.6 Å². The molecule has 0 spiro atoms. The Balaban J connectivity index is 2.21. The Morgan fingerprint density at radius 2 is 2.00 bits per heavy atom. The number of nitrogens with two attached hydrogens (primary N) is 1. The Bertz CT molecular complexity index is 531. The number of rotatable bonds is 12. The Hall–Kier alpha value is -1.67. The van der Waals surface area contributed by atoms with Crippen molar-refractivity contribution in [3.8, 4) is 0 Å². The van der Waals surface area contributed by atoms with E-state index in [2.05, 4.69) is 25.1 Å². The Kier molecular flexibility index (Phi) is 9.33. The third-order valence-electron chi connectivity index (χ3n) is 3.49. The van der Waals surface area contributed by atoms with Gasteiger partial charge >= 0.3 is 0 Å². The predicted molar refractivity (Wildman–Crippen MR) is 98.3 cm³/mol. The molecule has 0 amide bonds.